The summed E-state index contributed by atoms with van der Waals surface area (Å²) in [6, 6.07) is 5.25. The van der Waals surface area contributed by atoms with Crippen LogP contribution in [0.2, 0.25) is 0 Å². The highest BCUT2D eigenvalue weighted by Crippen LogP contribution is 2.23. The molecule has 0 bridgehead atoms. The van der Waals surface area contributed by atoms with Gasteiger partial charge < -0.3 is 21.3 Å². The zero-order valence-corrected chi connectivity index (χ0v) is 11.4. The Balaban J connectivity index is 2.65. The largest absolute Gasteiger partial charge is 0.399 e. The number of nitrogens with one attached hydrogen (secondary N) is 1. The fraction of sp³-hybridized carbons (Fsp3) is 0.500. The van der Waals surface area contributed by atoms with Crippen LogP contribution in [0.4, 0.5) is 5.69 Å². The average molecular weight is 266 g/mol. The fourth-order valence-electron chi connectivity index (χ4n) is 1.89. The molecule has 1 aromatic rings. The minimum Gasteiger partial charge on any atom is -0.399 e. The van der Waals surface area contributed by atoms with Crippen molar-refractivity contribution in [3.05, 3.63) is 29.3 Å². The van der Waals surface area contributed by atoms with E-state index in [1.54, 1.807) is 12.1 Å². The van der Waals surface area contributed by atoms with E-state index in [2.05, 4.69) is 5.32 Å². The Hall–Kier alpha value is -1.59. The van der Waals surface area contributed by atoms with Crippen LogP contribution in [0.3, 0.4) is 0 Å². The van der Waals surface area contributed by atoms with Gasteiger partial charge in [0.2, 0.25) is 5.91 Å². The molecule has 0 saturated carbocycles. The molecule has 0 spiro atoms. The van der Waals surface area contributed by atoms with Crippen molar-refractivity contribution in [2.24, 2.45) is 0 Å². The number of aliphatic hydroxyl groups excluding tert-OH is 2. The van der Waals surface area contributed by atoms with Gasteiger partial charge in [-0.15, -0.1) is 0 Å². The first-order valence-corrected chi connectivity index (χ1v) is 6.44. The molecular weight excluding hydrogens is 244 g/mol. The number of aryl methyl sites for hydroxylation is 1. The minimum atomic E-state index is -0.973. The predicted octanol–water partition coefficient (Wildman–Crippen LogP) is 0.752. The lowest BCUT2D eigenvalue weighted by Crippen LogP contribution is -2.27. The quantitative estimate of drug-likeness (QED) is 0.571. The van der Waals surface area contributed by atoms with Gasteiger partial charge in [0.25, 0.3) is 0 Å². The summed E-state index contributed by atoms with van der Waals surface area (Å²) in [6.45, 7) is 3.73. The minimum absolute atomic E-state index is 0.151. The average Bonchev–Trinajstić information content (AvgIpc) is 2.38. The molecule has 5 nitrogen and oxygen atoms in total. The molecule has 1 rings (SSSR count). The summed E-state index contributed by atoms with van der Waals surface area (Å²) in [5, 5.41) is 22.5. The maximum absolute atomic E-state index is 10.7. The molecule has 0 radical (unpaired) electrons. The van der Waals surface area contributed by atoms with E-state index in [1.807, 2.05) is 13.0 Å². The van der Waals surface area contributed by atoms with Crippen LogP contribution in [0.5, 0.6) is 0 Å². The van der Waals surface area contributed by atoms with Gasteiger partial charge in [-0.3, -0.25) is 4.79 Å². The maximum atomic E-state index is 10.7. The van der Waals surface area contributed by atoms with Crippen LogP contribution in [0.15, 0.2) is 18.2 Å². The molecule has 0 fully saturated rings. The first-order chi connectivity index (χ1) is 8.95. The Morgan fingerprint density at radius 3 is 2.68 bits per heavy atom. The lowest BCUT2D eigenvalue weighted by molar-refractivity contribution is -0.119. The number of rotatable bonds is 6. The third-order valence-electron chi connectivity index (χ3n) is 3.07. The number of carbonyl (C=O) groups excluding carboxylic acids is 1. The van der Waals surface area contributed by atoms with Crippen molar-refractivity contribution in [3.63, 3.8) is 0 Å². The second kappa shape index (κ2) is 7.11. The van der Waals surface area contributed by atoms with E-state index in [9.17, 15) is 15.0 Å². The molecule has 5 N–H and O–H groups in total. The Bertz CT molecular complexity index is 435. The molecule has 0 aliphatic carbocycles. The summed E-state index contributed by atoms with van der Waals surface area (Å²) in [6.07, 6.45) is -0.819. The van der Waals surface area contributed by atoms with E-state index >= 15 is 0 Å². The van der Waals surface area contributed by atoms with Gasteiger partial charge in [-0.1, -0.05) is 19.1 Å². The lowest BCUT2D eigenvalue weighted by atomic mass is 9.98. The summed E-state index contributed by atoms with van der Waals surface area (Å²) >= 11 is 0. The molecule has 0 aromatic heterocycles. The van der Waals surface area contributed by atoms with Gasteiger partial charge in [0, 0.05) is 19.2 Å². The zero-order chi connectivity index (χ0) is 14.4. The van der Waals surface area contributed by atoms with Crippen molar-refractivity contribution in [1.29, 1.82) is 0 Å². The van der Waals surface area contributed by atoms with E-state index in [0.29, 0.717) is 24.2 Å². The molecule has 2 unspecified atom stereocenters. The van der Waals surface area contributed by atoms with Gasteiger partial charge in [0.05, 0.1) is 6.10 Å². The molecule has 1 aromatic carbocycles. The molecule has 19 heavy (non-hydrogen) atoms. The highest BCUT2D eigenvalue weighted by atomic mass is 16.3. The monoisotopic (exact) mass is 266 g/mol. The standard InChI is InChI=1S/C14H22N2O3/c1-3-10-8-11(4-5-12(10)15)14(19)13(18)6-7-16-9(2)17/h4-5,8,13-14,18-19H,3,6-7,15H2,1-2H3,(H,16,17). The highest BCUT2D eigenvalue weighted by molar-refractivity contribution is 5.72. The molecule has 2 atom stereocenters. The van der Waals surface area contributed by atoms with Crippen LogP contribution in [0.25, 0.3) is 0 Å². The number of benzene rings is 1. The number of hydrogen-bond donors (Lipinski definition) is 4. The third-order valence-corrected chi connectivity index (χ3v) is 3.07. The zero-order valence-electron chi connectivity index (χ0n) is 11.4. The summed E-state index contributed by atoms with van der Waals surface area (Å²) in [5.74, 6) is -0.151. The number of anilines is 1. The summed E-state index contributed by atoms with van der Waals surface area (Å²) in [7, 11) is 0. The lowest BCUT2D eigenvalue weighted by Gasteiger charge is -2.19. The van der Waals surface area contributed by atoms with Crippen LogP contribution in [-0.2, 0) is 11.2 Å². The van der Waals surface area contributed by atoms with Crippen molar-refractivity contribution in [1.82, 2.24) is 5.32 Å². The Kier molecular flexibility index (Phi) is 5.79. The predicted molar refractivity (Wildman–Crippen MR) is 74.5 cm³/mol. The normalized spacial score (nSPS) is 13.9. The van der Waals surface area contributed by atoms with Crippen LogP contribution in [0.1, 0.15) is 37.5 Å². The van der Waals surface area contributed by atoms with Gasteiger partial charge in [-0.05, 0) is 30.0 Å². The first kappa shape index (κ1) is 15.5. The number of nitrogens with two attached hydrogens (primary N) is 1. The molecule has 0 saturated heterocycles. The van der Waals surface area contributed by atoms with Crippen LogP contribution < -0.4 is 11.1 Å². The van der Waals surface area contributed by atoms with Crippen molar-refractivity contribution >= 4 is 11.6 Å². The second-order valence-electron chi connectivity index (χ2n) is 4.60. The van der Waals surface area contributed by atoms with Crippen molar-refractivity contribution in [2.75, 3.05) is 12.3 Å². The SMILES string of the molecule is CCc1cc(C(O)C(O)CCNC(C)=O)ccc1N. The van der Waals surface area contributed by atoms with Gasteiger partial charge in [-0.25, -0.2) is 0 Å². The van der Waals surface area contributed by atoms with E-state index in [1.165, 1.54) is 6.92 Å². The number of amides is 1. The molecule has 5 heteroatoms. The maximum Gasteiger partial charge on any atom is 0.216 e. The Morgan fingerprint density at radius 2 is 2.11 bits per heavy atom. The molecule has 1 amide bonds. The van der Waals surface area contributed by atoms with Crippen molar-refractivity contribution in [3.8, 4) is 0 Å². The van der Waals surface area contributed by atoms with Crippen LogP contribution >= 0.6 is 0 Å². The molecule has 106 valence electrons. The Labute approximate surface area is 113 Å². The summed E-state index contributed by atoms with van der Waals surface area (Å²) in [4.78, 5) is 10.7. The smallest absolute Gasteiger partial charge is 0.216 e. The highest BCUT2D eigenvalue weighted by Gasteiger charge is 2.18. The number of aliphatic hydroxyl groups is 2. The summed E-state index contributed by atoms with van der Waals surface area (Å²) in [5.41, 5.74) is 8.07. The molecule has 0 aliphatic heterocycles. The number of nitrogen functional groups attached to an aromatic ring is 1. The van der Waals surface area contributed by atoms with Gasteiger partial charge in [0.1, 0.15) is 6.10 Å². The second-order valence-corrected chi connectivity index (χ2v) is 4.60. The number of hydrogen-bond acceptors (Lipinski definition) is 4. The van der Waals surface area contributed by atoms with Gasteiger partial charge in [-0.2, -0.15) is 0 Å². The van der Waals surface area contributed by atoms with Gasteiger partial charge >= 0.3 is 0 Å². The number of carbonyl (C=O) groups is 1. The van der Waals surface area contributed by atoms with E-state index < -0.39 is 12.2 Å². The Morgan fingerprint density at radius 1 is 1.42 bits per heavy atom. The molecular formula is C14H22N2O3. The van der Waals surface area contributed by atoms with Crippen molar-refractivity contribution < 1.29 is 15.0 Å². The van der Waals surface area contributed by atoms with Crippen LogP contribution in [-0.4, -0.2) is 28.8 Å². The van der Waals surface area contributed by atoms with E-state index in [0.717, 1.165) is 12.0 Å². The van der Waals surface area contributed by atoms with Crippen LogP contribution in [0, 0.1) is 0 Å². The topological polar surface area (TPSA) is 95.6 Å². The van der Waals surface area contributed by atoms with E-state index in [-0.39, 0.29) is 5.91 Å². The van der Waals surface area contributed by atoms with Crippen molar-refractivity contribution in [2.45, 2.75) is 38.9 Å². The fourth-order valence-corrected chi connectivity index (χ4v) is 1.89. The third kappa shape index (κ3) is 4.54. The van der Waals surface area contributed by atoms with E-state index in [4.69, 9.17) is 5.73 Å². The molecule has 0 aliphatic rings. The van der Waals surface area contributed by atoms with Gasteiger partial charge in [0.15, 0.2) is 0 Å². The summed E-state index contributed by atoms with van der Waals surface area (Å²) < 4.78 is 0. The first-order valence-electron chi connectivity index (χ1n) is 6.44. The molecule has 0 heterocycles.